The third-order valence-corrected chi connectivity index (χ3v) is 5.22. The summed E-state index contributed by atoms with van der Waals surface area (Å²) in [6.45, 7) is 0.372. The number of hydrogen-bond acceptors (Lipinski definition) is 5. The molecule has 148 valence electrons. The van der Waals surface area contributed by atoms with E-state index in [1.807, 2.05) is 0 Å². The molecule has 0 aliphatic heterocycles. The molecule has 0 fully saturated rings. The zero-order chi connectivity index (χ0) is 20.4. The summed E-state index contributed by atoms with van der Waals surface area (Å²) in [6, 6.07) is 11.1. The molecule has 10 heteroatoms. The normalized spacial score (nSPS) is 11.9. The fourth-order valence-electron chi connectivity index (χ4n) is 2.69. The molecule has 0 N–H and O–H groups in total. The Morgan fingerprint density at radius 3 is 2.28 bits per heavy atom. The van der Waals surface area contributed by atoms with Crippen LogP contribution < -0.4 is 0 Å². The predicted octanol–water partition coefficient (Wildman–Crippen LogP) is 4.72. The van der Waals surface area contributed by atoms with Crippen molar-refractivity contribution in [2.75, 3.05) is 0 Å². The lowest BCUT2D eigenvalue weighted by Gasteiger charge is -2.07. The lowest BCUT2D eigenvalue weighted by molar-refractivity contribution is -0.137. The number of alkyl halides is 3. The molecule has 0 spiro atoms. The van der Waals surface area contributed by atoms with Gasteiger partial charge < -0.3 is 0 Å². The highest BCUT2D eigenvalue weighted by Crippen LogP contribution is 2.31. The van der Waals surface area contributed by atoms with Gasteiger partial charge in [0.15, 0.2) is 11.2 Å². The summed E-state index contributed by atoms with van der Waals surface area (Å²) in [4.78, 5) is 8.44. The maximum Gasteiger partial charge on any atom is 0.416 e. The maximum absolute atomic E-state index is 13.1. The first-order valence-electron chi connectivity index (χ1n) is 8.48. The highest BCUT2D eigenvalue weighted by atomic mass is 32.2. The second-order valence-corrected chi connectivity index (χ2v) is 7.17. The Morgan fingerprint density at radius 1 is 0.897 bits per heavy atom. The van der Waals surface area contributed by atoms with E-state index in [9.17, 15) is 17.6 Å². The van der Waals surface area contributed by atoms with Crippen molar-refractivity contribution in [2.24, 2.45) is 0 Å². The highest BCUT2D eigenvalue weighted by molar-refractivity contribution is 7.98. The number of halogens is 4. The van der Waals surface area contributed by atoms with E-state index in [1.165, 1.54) is 42.4 Å². The van der Waals surface area contributed by atoms with Gasteiger partial charge in [-0.3, -0.25) is 0 Å². The fourth-order valence-corrected chi connectivity index (χ4v) is 3.57. The minimum atomic E-state index is -4.35. The summed E-state index contributed by atoms with van der Waals surface area (Å²) in [5.74, 6) is 0.108. The van der Waals surface area contributed by atoms with Gasteiger partial charge in [-0.15, -0.1) is 5.10 Å². The molecule has 0 radical (unpaired) electrons. The van der Waals surface area contributed by atoms with Crippen LogP contribution in [-0.4, -0.2) is 25.0 Å². The number of thioether (sulfide) groups is 1. The van der Waals surface area contributed by atoms with Gasteiger partial charge in [-0.25, -0.2) is 19.0 Å². The molecule has 0 aliphatic carbocycles. The summed E-state index contributed by atoms with van der Waals surface area (Å²) in [6.07, 6.45) is -2.96. The average molecular weight is 419 g/mol. The molecule has 0 saturated carbocycles. The molecule has 0 aliphatic rings. The van der Waals surface area contributed by atoms with Crippen LogP contribution in [0, 0.1) is 5.82 Å². The molecule has 0 unspecified atom stereocenters. The third kappa shape index (κ3) is 4.37. The van der Waals surface area contributed by atoms with Crippen LogP contribution in [0.1, 0.15) is 16.7 Å². The van der Waals surface area contributed by atoms with Crippen LogP contribution in [0.25, 0.3) is 11.2 Å². The topological polar surface area (TPSA) is 56.5 Å². The van der Waals surface area contributed by atoms with Gasteiger partial charge in [0.05, 0.1) is 12.1 Å². The Balaban J connectivity index is 1.51. The molecule has 4 aromatic rings. The number of fused-ring (bicyclic) bond motifs is 1. The van der Waals surface area contributed by atoms with Crippen LogP contribution in [0.5, 0.6) is 0 Å². The third-order valence-electron chi connectivity index (χ3n) is 4.17. The molecule has 4 rings (SSSR count). The molecule has 0 bridgehead atoms. The van der Waals surface area contributed by atoms with Gasteiger partial charge >= 0.3 is 6.18 Å². The van der Waals surface area contributed by atoms with Crippen molar-refractivity contribution in [1.29, 1.82) is 0 Å². The van der Waals surface area contributed by atoms with E-state index in [1.54, 1.807) is 16.8 Å². The van der Waals surface area contributed by atoms with Crippen LogP contribution in [0.3, 0.4) is 0 Å². The van der Waals surface area contributed by atoms with Gasteiger partial charge in [0.2, 0.25) is 0 Å². The number of nitrogens with zero attached hydrogens (tertiary/aromatic N) is 5. The standard InChI is InChI=1S/C19H13F4N5S/c20-15-7-3-12(4-8-15)9-28-17-16(26-27-28)18(25-11-24-17)29-10-13-1-5-14(6-2-13)19(21,22)23/h1-8,11H,9-10H2. The number of benzene rings is 2. The Bertz CT molecular complexity index is 1120. The summed E-state index contributed by atoms with van der Waals surface area (Å²) < 4.78 is 52.6. The van der Waals surface area contributed by atoms with E-state index in [-0.39, 0.29) is 5.82 Å². The molecule has 29 heavy (non-hydrogen) atoms. The number of hydrogen-bond donors (Lipinski definition) is 0. The zero-order valence-corrected chi connectivity index (χ0v) is 15.6. The Kier molecular flexibility index (Phi) is 5.18. The Hall–Kier alpha value is -3.01. The molecule has 2 aromatic carbocycles. The molecule has 0 amide bonds. The number of rotatable bonds is 5. The quantitative estimate of drug-likeness (QED) is 0.266. The second-order valence-electron chi connectivity index (χ2n) is 6.21. The summed E-state index contributed by atoms with van der Waals surface area (Å²) in [5.41, 5.74) is 1.93. The Morgan fingerprint density at radius 2 is 1.59 bits per heavy atom. The van der Waals surface area contributed by atoms with Crippen LogP contribution in [0.2, 0.25) is 0 Å². The minimum absolute atomic E-state index is 0.318. The molecule has 2 aromatic heterocycles. The summed E-state index contributed by atoms with van der Waals surface area (Å²) in [5, 5.41) is 8.82. The van der Waals surface area contributed by atoms with Gasteiger partial charge in [-0.1, -0.05) is 41.2 Å². The van der Waals surface area contributed by atoms with Gasteiger partial charge in [0, 0.05) is 5.75 Å². The van der Waals surface area contributed by atoms with Crippen molar-refractivity contribution in [3.05, 3.63) is 77.4 Å². The van der Waals surface area contributed by atoms with Crippen molar-refractivity contribution < 1.29 is 17.6 Å². The van der Waals surface area contributed by atoms with Crippen molar-refractivity contribution >= 4 is 22.9 Å². The lowest BCUT2D eigenvalue weighted by Crippen LogP contribution is -2.04. The summed E-state index contributed by atoms with van der Waals surface area (Å²) in [7, 11) is 0. The largest absolute Gasteiger partial charge is 0.416 e. The first-order chi connectivity index (χ1) is 13.9. The van der Waals surface area contributed by atoms with Gasteiger partial charge in [-0.2, -0.15) is 13.2 Å². The minimum Gasteiger partial charge on any atom is -0.227 e. The van der Waals surface area contributed by atoms with Crippen LogP contribution in [0.15, 0.2) is 59.9 Å². The van der Waals surface area contributed by atoms with Gasteiger partial charge in [-0.05, 0) is 35.4 Å². The number of aromatic nitrogens is 5. The molecular formula is C19H13F4N5S. The van der Waals surface area contributed by atoms with E-state index in [0.717, 1.165) is 23.3 Å². The fraction of sp³-hybridized carbons (Fsp3) is 0.158. The highest BCUT2D eigenvalue weighted by Gasteiger charge is 2.29. The SMILES string of the molecule is Fc1ccc(Cn2nnc3c(SCc4ccc(C(F)(F)F)cc4)ncnc32)cc1. The van der Waals surface area contributed by atoms with Crippen LogP contribution in [-0.2, 0) is 18.5 Å². The van der Waals surface area contributed by atoms with Crippen LogP contribution in [0.4, 0.5) is 17.6 Å². The first kappa shape index (κ1) is 19.3. The monoisotopic (exact) mass is 419 g/mol. The molecule has 2 heterocycles. The lowest BCUT2D eigenvalue weighted by atomic mass is 10.1. The zero-order valence-electron chi connectivity index (χ0n) is 14.8. The second kappa shape index (κ2) is 7.78. The van der Waals surface area contributed by atoms with Crippen molar-refractivity contribution in [3.63, 3.8) is 0 Å². The molecule has 0 saturated heterocycles. The molecule has 0 atom stereocenters. The van der Waals surface area contributed by atoms with E-state index in [0.29, 0.717) is 28.5 Å². The van der Waals surface area contributed by atoms with E-state index >= 15 is 0 Å². The van der Waals surface area contributed by atoms with Gasteiger partial charge in [0.25, 0.3) is 0 Å². The van der Waals surface area contributed by atoms with Crippen molar-refractivity contribution in [3.8, 4) is 0 Å². The van der Waals surface area contributed by atoms with Crippen LogP contribution >= 0.6 is 11.8 Å². The molecule has 5 nitrogen and oxygen atoms in total. The van der Waals surface area contributed by atoms with E-state index in [2.05, 4.69) is 20.3 Å². The Labute approximate surface area is 166 Å². The average Bonchev–Trinajstić information content (AvgIpc) is 3.11. The summed E-state index contributed by atoms with van der Waals surface area (Å²) >= 11 is 1.34. The van der Waals surface area contributed by atoms with E-state index in [4.69, 9.17) is 0 Å². The van der Waals surface area contributed by atoms with Crippen molar-refractivity contribution in [2.45, 2.75) is 23.5 Å². The first-order valence-corrected chi connectivity index (χ1v) is 9.46. The smallest absolute Gasteiger partial charge is 0.227 e. The maximum atomic E-state index is 13.1. The predicted molar refractivity (Wildman–Crippen MR) is 99.6 cm³/mol. The van der Waals surface area contributed by atoms with Crippen molar-refractivity contribution in [1.82, 2.24) is 25.0 Å². The van der Waals surface area contributed by atoms with Gasteiger partial charge in [0.1, 0.15) is 17.2 Å². The van der Waals surface area contributed by atoms with E-state index < -0.39 is 11.7 Å². The molecular weight excluding hydrogens is 406 g/mol.